The third-order valence-corrected chi connectivity index (χ3v) is 2.56. The first-order valence-corrected chi connectivity index (χ1v) is 5.90. The van der Waals surface area contributed by atoms with E-state index >= 15 is 0 Å². The predicted octanol–water partition coefficient (Wildman–Crippen LogP) is 2.48. The molecule has 1 rings (SSSR count). The maximum Gasteiger partial charge on any atom is 0.344 e. The van der Waals surface area contributed by atoms with Crippen LogP contribution in [0.15, 0.2) is 18.2 Å². The molecular formula is C13H18FNO3. The van der Waals surface area contributed by atoms with Crippen LogP contribution in [0.4, 0.5) is 4.39 Å². The first-order valence-electron chi connectivity index (χ1n) is 5.90. The van der Waals surface area contributed by atoms with Crippen molar-refractivity contribution in [3.8, 4) is 5.75 Å². The van der Waals surface area contributed by atoms with Gasteiger partial charge in [0.1, 0.15) is 11.6 Å². The van der Waals surface area contributed by atoms with Gasteiger partial charge in [0.25, 0.3) is 0 Å². The molecule has 3 N–H and O–H groups in total. The Morgan fingerprint density at radius 3 is 2.72 bits per heavy atom. The van der Waals surface area contributed by atoms with Gasteiger partial charge in [-0.15, -0.1) is 0 Å². The number of halogens is 1. The number of rotatable bonds is 6. The van der Waals surface area contributed by atoms with Crippen molar-refractivity contribution < 1.29 is 19.0 Å². The van der Waals surface area contributed by atoms with E-state index in [1.807, 2.05) is 6.92 Å². The van der Waals surface area contributed by atoms with E-state index in [1.165, 1.54) is 18.2 Å². The largest absolute Gasteiger partial charge is 0.479 e. The number of hydrogen-bond acceptors (Lipinski definition) is 3. The van der Waals surface area contributed by atoms with Gasteiger partial charge in [-0.2, -0.15) is 0 Å². The van der Waals surface area contributed by atoms with E-state index in [1.54, 1.807) is 6.92 Å². The summed E-state index contributed by atoms with van der Waals surface area (Å²) in [7, 11) is 0. The van der Waals surface area contributed by atoms with E-state index in [2.05, 4.69) is 0 Å². The van der Waals surface area contributed by atoms with Crippen molar-refractivity contribution in [2.75, 3.05) is 0 Å². The molecule has 0 spiro atoms. The third kappa shape index (κ3) is 3.70. The molecule has 0 saturated heterocycles. The lowest BCUT2D eigenvalue weighted by Crippen LogP contribution is -2.27. The van der Waals surface area contributed by atoms with Crippen LogP contribution in [0.25, 0.3) is 0 Å². The van der Waals surface area contributed by atoms with Crippen LogP contribution in [0.3, 0.4) is 0 Å². The number of carboxylic acid groups (broad SMARTS) is 1. The fourth-order valence-corrected chi connectivity index (χ4v) is 1.63. The van der Waals surface area contributed by atoms with Gasteiger partial charge in [-0.05, 0) is 31.5 Å². The van der Waals surface area contributed by atoms with Gasteiger partial charge in [0.05, 0.1) is 0 Å². The second-order valence-electron chi connectivity index (χ2n) is 4.20. The second kappa shape index (κ2) is 6.35. The Morgan fingerprint density at radius 1 is 1.56 bits per heavy atom. The van der Waals surface area contributed by atoms with Crippen molar-refractivity contribution in [3.63, 3.8) is 0 Å². The Kier molecular flexibility index (Phi) is 5.09. The van der Waals surface area contributed by atoms with Crippen molar-refractivity contribution >= 4 is 5.97 Å². The Balaban J connectivity index is 2.98. The molecule has 0 heterocycles. The highest BCUT2D eigenvalue weighted by Crippen LogP contribution is 2.26. The molecule has 0 aliphatic heterocycles. The molecule has 0 fully saturated rings. The zero-order chi connectivity index (χ0) is 13.7. The maximum atomic E-state index is 13.1. The summed E-state index contributed by atoms with van der Waals surface area (Å²) in [6, 6.07) is 3.49. The summed E-state index contributed by atoms with van der Waals surface area (Å²) >= 11 is 0. The summed E-state index contributed by atoms with van der Waals surface area (Å²) in [6.45, 7) is 3.56. The Hall–Kier alpha value is -1.62. The number of hydrogen-bond donors (Lipinski definition) is 2. The number of carbonyl (C=O) groups is 1. The van der Waals surface area contributed by atoms with E-state index in [-0.39, 0.29) is 0 Å². The van der Waals surface area contributed by atoms with Gasteiger partial charge in [0.15, 0.2) is 6.10 Å². The molecule has 1 aromatic carbocycles. The minimum atomic E-state index is -1.03. The molecule has 0 aliphatic rings. The van der Waals surface area contributed by atoms with Gasteiger partial charge >= 0.3 is 5.97 Å². The lowest BCUT2D eigenvalue weighted by atomic mass is 10.1. The number of ether oxygens (including phenoxy) is 1. The highest BCUT2D eigenvalue weighted by atomic mass is 19.1. The molecule has 0 aromatic heterocycles. The summed E-state index contributed by atoms with van der Waals surface area (Å²) in [5.41, 5.74) is 6.18. The zero-order valence-corrected chi connectivity index (χ0v) is 10.5. The van der Waals surface area contributed by atoms with Crippen LogP contribution in [-0.4, -0.2) is 17.2 Å². The number of aliphatic carboxylic acids is 1. The Bertz CT molecular complexity index is 421. The predicted molar refractivity (Wildman–Crippen MR) is 66.0 cm³/mol. The fraction of sp³-hybridized carbons (Fsp3) is 0.462. The van der Waals surface area contributed by atoms with Crippen molar-refractivity contribution in [2.24, 2.45) is 5.73 Å². The van der Waals surface area contributed by atoms with Gasteiger partial charge in [0, 0.05) is 11.6 Å². The first kappa shape index (κ1) is 14.4. The van der Waals surface area contributed by atoms with Crippen LogP contribution in [0.2, 0.25) is 0 Å². The van der Waals surface area contributed by atoms with E-state index in [0.717, 1.165) is 0 Å². The first-order chi connectivity index (χ1) is 8.45. The van der Waals surface area contributed by atoms with Crippen LogP contribution < -0.4 is 10.5 Å². The zero-order valence-electron chi connectivity index (χ0n) is 10.5. The van der Waals surface area contributed by atoms with Crippen molar-refractivity contribution in [2.45, 2.75) is 38.8 Å². The van der Waals surface area contributed by atoms with Crippen molar-refractivity contribution in [1.29, 1.82) is 0 Å². The normalized spacial score (nSPS) is 14.0. The van der Waals surface area contributed by atoms with Crippen molar-refractivity contribution in [3.05, 3.63) is 29.6 Å². The minimum Gasteiger partial charge on any atom is -0.479 e. The van der Waals surface area contributed by atoms with Gasteiger partial charge in [-0.1, -0.05) is 13.3 Å². The van der Waals surface area contributed by atoms with E-state index in [9.17, 15) is 9.18 Å². The average molecular weight is 255 g/mol. The molecule has 0 bridgehead atoms. The quantitative estimate of drug-likeness (QED) is 0.819. The molecule has 5 heteroatoms. The van der Waals surface area contributed by atoms with Gasteiger partial charge in [0.2, 0.25) is 0 Å². The highest BCUT2D eigenvalue weighted by molar-refractivity contribution is 5.72. The summed E-state index contributed by atoms with van der Waals surface area (Å²) < 4.78 is 18.5. The molecule has 0 aliphatic carbocycles. The lowest BCUT2D eigenvalue weighted by Gasteiger charge is -2.18. The Labute approximate surface area is 106 Å². The fourth-order valence-electron chi connectivity index (χ4n) is 1.63. The minimum absolute atomic E-state index is 0.326. The van der Waals surface area contributed by atoms with E-state index in [4.69, 9.17) is 15.6 Å². The van der Waals surface area contributed by atoms with Crippen LogP contribution in [-0.2, 0) is 4.79 Å². The van der Waals surface area contributed by atoms with Crippen LogP contribution in [0.1, 0.15) is 38.3 Å². The topological polar surface area (TPSA) is 72.5 Å². The molecule has 2 atom stereocenters. The molecule has 0 amide bonds. The number of benzene rings is 1. The number of carboxylic acids is 1. The number of nitrogens with two attached hydrogens (primary N) is 1. The summed E-state index contributed by atoms with van der Waals surface area (Å²) in [4.78, 5) is 11.0. The van der Waals surface area contributed by atoms with Crippen LogP contribution in [0.5, 0.6) is 5.75 Å². The van der Waals surface area contributed by atoms with E-state index < -0.39 is 23.9 Å². The summed E-state index contributed by atoms with van der Waals surface area (Å²) in [6.07, 6.45) is 0.148. The molecule has 18 heavy (non-hydrogen) atoms. The molecule has 4 nitrogen and oxygen atoms in total. The maximum absolute atomic E-state index is 13.1. The molecule has 0 saturated carbocycles. The Morgan fingerprint density at radius 2 is 2.22 bits per heavy atom. The van der Waals surface area contributed by atoms with Crippen LogP contribution in [0, 0.1) is 5.82 Å². The molecule has 2 unspecified atom stereocenters. The summed E-state index contributed by atoms with van der Waals surface area (Å²) in [5.74, 6) is -1.12. The summed E-state index contributed by atoms with van der Waals surface area (Å²) in [5, 5.41) is 9.02. The highest BCUT2D eigenvalue weighted by Gasteiger charge is 2.20. The average Bonchev–Trinajstić information content (AvgIpc) is 2.30. The molecule has 1 aromatic rings. The molecule has 0 radical (unpaired) electrons. The van der Waals surface area contributed by atoms with E-state index in [0.29, 0.717) is 24.2 Å². The lowest BCUT2D eigenvalue weighted by molar-refractivity contribution is -0.145. The standard InChI is InChI=1S/C13H18FNO3/c1-3-4-12(13(16)17)18-11-6-5-9(14)7-10(11)8(2)15/h5-8,12H,3-4,15H2,1-2H3,(H,16,17). The smallest absolute Gasteiger partial charge is 0.344 e. The molecule has 100 valence electrons. The molecular weight excluding hydrogens is 237 g/mol. The van der Waals surface area contributed by atoms with Crippen molar-refractivity contribution in [1.82, 2.24) is 0 Å². The SMILES string of the molecule is CCCC(Oc1ccc(F)cc1C(C)N)C(=O)O. The second-order valence-corrected chi connectivity index (χ2v) is 4.20. The third-order valence-electron chi connectivity index (χ3n) is 2.56. The monoisotopic (exact) mass is 255 g/mol. The van der Waals surface area contributed by atoms with Gasteiger partial charge < -0.3 is 15.6 Å². The van der Waals surface area contributed by atoms with Crippen LogP contribution >= 0.6 is 0 Å². The van der Waals surface area contributed by atoms with Gasteiger partial charge in [-0.3, -0.25) is 0 Å². The van der Waals surface area contributed by atoms with Gasteiger partial charge in [-0.25, -0.2) is 9.18 Å².